The minimum Gasteiger partial charge on any atom is -0.496 e. The lowest BCUT2D eigenvalue weighted by Gasteiger charge is -2.32. The number of likely N-dealkylation sites (N-methyl/N-ethyl adjacent to an activating group) is 1. The van der Waals surface area contributed by atoms with Crippen LogP contribution >= 0.6 is 0 Å². The maximum atomic E-state index is 12.6. The molecular weight excluding hydrogens is 334 g/mol. The van der Waals surface area contributed by atoms with Gasteiger partial charge in [0, 0.05) is 26.2 Å². The topological polar surface area (TPSA) is 79.8 Å². The maximum Gasteiger partial charge on any atom is 0.264 e. The summed E-state index contributed by atoms with van der Waals surface area (Å²) in [5, 5.41) is 11.1. The molecule has 1 aliphatic rings. The predicted octanol–water partition coefficient (Wildman–Crippen LogP) is 1.50. The summed E-state index contributed by atoms with van der Waals surface area (Å²) < 4.78 is 10.5. The highest BCUT2D eigenvalue weighted by Crippen LogP contribution is 2.28. The Labute approximate surface area is 152 Å². The minimum absolute atomic E-state index is 0.322. The third-order valence-electron chi connectivity index (χ3n) is 4.37. The number of hydrogen-bond donors (Lipinski definition) is 1. The molecule has 0 spiro atoms. The van der Waals surface area contributed by atoms with E-state index in [0.29, 0.717) is 22.9 Å². The molecule has 0 aliphatic carbocycles. The first-order valence-corrected chi connectivity index (χ1v) is 8.42. The standard InChI is InChI=1S/C18H23N5O3/c1-22-9-11-23(12-10-22)16-8-7-15(20-21-16)19-18(24)17-13(25-2)5-4-6-14(17)26-3/h4-8H,9-12H2,1-3H3,(H,19,20,24). The quantitative estimate of drug-likeness (QED) is 0.868. The van der Waals surface area contributed by atoms with E-state index < -0.39 is 0 Å². The van der Waals surface area contributed by atoms with Crippen LogP contribution in [0.4, 0.5) is 11.6 Å². The number of carbonyl (C=O) groups excluding carboxylic acids is 1. The number of benzene rings is 1. The predicted molar refractivity (Wildman–Crippen MR) is 99.2 cm³/mol. The van der Waals surface area contributed by atoms with E-state index in [1.54, 1.807) is 24.3 Å². The fourth-order valence-electron chi connectivity index (χ4n) is 2.85. The van der Waals surface area contributed by atoms with Crippen LogP contribution in [0.15, 0.2) is 30.3 Å². The molecule has 1 fully saturated rings. The number of ether oxygens (including phenoxy) is 2. The molecule has 0 atom stereocenters. The SMILES string of the molecule is COc1cccc(OC)c1C(=O)Nc1ccc(N2CCN(C)CC2)nn1. The second kappa shape index (κ2) is 8.01. The van der Waals surface area contributed by atoms with Gasteiger partial charge in [-0.3, -0.25) is 4.79 Å². The fourth-order valence-corrected chi connectivity index (χ4v) is 2.85. The Morgan fingerprint density at radius 2 is 1.65 bits per heavy atom. The largest absolute Gasteiger partial charge is 0.496 e. The summed E-state index contributed by atoms with van der Waals surface area (Å²) in [5.74, 6) is 1.69. The van der Waals surface area contributed by atoms with Crippen LogP contribution in [-0.4, -0.2) is 68.5 Å². The van der Waals surface area contributed by atoms with Crippen LogP contribution in [0.25, 0.3) is 0 Å². The smallest absolute Gasteiger partial charge is 0.264 e. The van der Waals surface area contributed by atoms with Gasteiger partial charge in [-0.15, -0.1) is 10.2 Å². The first-order chi connectivity index (χ1) is 12.6. The normalized spacial score (nSPS) is 14.8. The van der Waals surface area contributed by atoms with Crippen LogP contribution in [0.2, 0.25) is 0 Å². The Hall–Kier alpha value is -2.87. The molecule has 8 nitrogen and oxygen atoms in total. The Balaban J connectivity index is 1.72. The summed E-state index contributed by atoms with van der Waals surface area (Å²) >= 11 is 0. The number of rotatable bonds is 5. The van der Waals surface area contributed by atoms with E-state index >= 15 is 0 Å². The molecule has 2 heterocycles. The van der Waals surface area contributed by atoms with E-state index in [2.05, 4.69) is 32.4 Å². The van der Waals surface area contributed by atoms with Crippen LogP contribution in [-0.2, 0) is 0 Å². The van der Waals surface area contributed by atoms with Crippen LogP contribution < -0.4 is 19.7 Å². The highest BCUT2D eigenvalue weighted by Gasteiger charge is 2.19. The summed E-state index contributed by atoms with van der Waals surface area (Å²) in [7, 11) is 5.13. The third-order valence-corrected chi connectivity index (χ3v) is 4.37. The highest BCUT2D eigenvalue weighted by molar-refractivity contribution is 6.07. The van der Waals surface area contributed by atoms with E-state index in [-0.39, 0.29) is 5.91 Å². The highest BCUT2D eigenvalue weighted by atomic mass is 16.5. The molecule has 26 heavy (non-hydrogen) atoms. The molecule has 0 saturated carbocycles. The van der Waals surface area contributed by atoms with Gasteiger partial charge in [0.25, 0.3) is 5.91 Å². The average Bonchev–Trinajstić information content (AvgIpc) is 2.68. The van der Waals surface area contributed by atoms with Gasteiger partial charge in [-0.1, -0.05) is 6.07 Å². The van der Waals surface area contributed by atoms with Crippen LogP contribution in [0.1, 0.15) is 10.4 Å². The number of nitrogens with one attached hydrogen (secondary N) is 1. The van der Waals surface area contributed by atoms with Crippen molar-refractivity contribution in [3.8, 4) is 11.5 Å². The van der Waals surface area contributed by atoms with E-state index in [4.69, 9.17) is 9.47 Å². The lowest BCUT2D eigenvalue weighted by atomic mass is 10.1. The van der Waals surface area contributed by atoms with Gasteiger partial charge in [-0.2, -0.15) is 0 Å². The van der Waals surface area contributed by atoms with Crippen molar-refractivity contribution in [2.24, 2.45) is 0 Å². The Morgan fingerprint density at radius 3 is 2.19 bits per heavy atom. The first-order valence-electron chi connectivity index (χ1n) is 8.42. The molecule has 8 heteroatoms. The zero-order valence-electron chi connectivity index (χ0n) is 15.2. The van der Waals surface area contributed by atoms with E-state index in [0.717, 1.165) is 32.0 Å². The average molecular weight is 357 g/mol. The van der Waals surface area contributed by atoms with E-state index in [9.17, 15) is 4.79 Å². The van der Waals surface area contributed by atoms with Crippen molar-refractivity contribution in [2.75, 3.05) is 57.7 Å². The van der Waals surface area contributed by atoms with Crippen molar-refractivity contribution in [3.05, 3.63) is 35.9 Å². The zero-order valence-corrected chi connectivity index (χ0v) is 15.2. The molecule has 1 aromatic heterocycles. The van der Waals surface area contributed by atoms with Gasteiger partial charge in [0.2, 0.25) is 0 Å². The summed E-state index contributed by atoms with van der Waals surface area (Å²) in [6.45, 7) is 3.81. The number of methoxy groups -OCH3 is 2. The van der Waals surface area contributed by atoms with Gasteiger partial charge >= 0.3 is 0 Å². The monoisotopic (exact) mass is 357 g/mol. The Morgan fingerprint density at radius 1 is 1.00 bits per heavy atom. The Bertz CT molecular complexity index is 736. The fraction of sp³-hybridized carbons (Fsp3) is 0.389. The number of hydrogen-bond acceptors (Lipinski definition) is 7. The number of aromatic nitrogens is 2. The minimum atomic E-state index is -0.360. The summed E-state index contributed by atoms with van der Waals surface area (Å²) in [4.78, 5) is 17.1. The van der Waals surface area contributed by atoms with Gasteiger partial charge in [-0.05, 0) is 31.3 Å². The van der Waals surface area contributed by atoms with Crippen molar-refractivity contribution in [1.29, 1.82) is 0 Å². The number of anilines is 2. The number of nitrogens with zero attached hydrogens (tertiary/aromatic N) is 4. The second-order valence-electron chi connectivity index (χ2n) is 6.06. The van der Waals surface area contributed by atoms with Crippen LogP contribution in [0.5, 0.6) is 11.5 Å². The van der Waals surface area contributed by atoms with Gasteiger partial charge in [-0.25, -0.2) is 0 Å². The van der Waals surface area contributed by atoms with Gasteiger partial charge in [0.15, 0.2) is 11.6 Å². The molecule has 1 amide bonds. The lowest BCUT2D eigenvalue weighted by Crippen LogP contribution is -2.44. The summed E-state index contributed by atoms with van der Waals surface area (Å²) in [6.07, 6.45) is 0. The molecule has 2 aromatic rings. The molecule has 1 aliphatic heterocycles. The van der Waals surface area contributed by atoms with Gasteiger partial charge < -0.3 is 24.6 Å². The summed E-state index contributed by atoms with van der Waals surface area (Å²) in [5.41, 5.74) is 0.322. The van der Waals surface area contributed by atoms with E-state index in [1.807, 2.05) is 6.07 Å². The summed E-state index contributed by atoms with van der Waals surface area (Å²) in [6, 6.07) is 8.80. The van der Waals surface area contributed by atoms with Crippen LogP contribution in [0.3, 0.4) is 0 Å². The zero-order chi connectivity index (χ0) is 18.5. The van der Waals surface area contributed by atoms with Crippen LogP contribution in [0, 0.1) is 0 Å². The molecular formula is C18H23N5O3. The molecule has 0 unspecified atom stereocenters. The third kappa shape index (κ3) is 3.85. The molecule has 3 rings (SSSR count). The van der Waals surface area contributed by atoms with Crippen molar-refractivity contribution in [2.45, 2.75) is 0 Å². The molecule has 1 aromatic carbocycles. The van der Waals surface area contributed by atoms with Gasteiger partial charge in [0.05, 0.1) is 14.2 Å². The maximum absolute atomic E-state index is 12.6. The van der Waals surface area contributed by atoms with Gasteiger partial charge in [0.1, 0.15) is 17.1 Å². The van der Waals surface area contributed by atoms with Crippen molar-refractivity contribution < 1.29 is 14.3 Å². The second-order valence-corrected chi connectivity index (χ2v) is 6.06. The lowest BCUT2D eigenvalue weighted by molar-refractivity contribution is 0.102. The Kier molecular flexibility index (Phi) is 5.52. The molecule has 1 N–H and O–H groups in total. The van der Waals surface area contributed by atoms with Crippen molar-refractivity contribution >= 4 is 17.5 Å². The van der Waals surface area contributed by atoms with E-state index in [1.165, 1.54) is 14.2 Å². The number of piperazine rings is 1. The number of amides is 1. The molecule has 0 radical (unpaired) electrons. The first kappa shape index (κ1) is 17.9. The molecule has 1 saturated heterocycles. The van der Waals surface area contributed by atoms with Crippen molar-refractivity contribution in [3.63, 3.8) is 0 Å². The number of carbonyl (C=O) groups is 1. The van der Waals surface area contributed by atoms with Crippen molar-refractivity contribution in [1.82, 2.24) is 15.1 Å². The molecule has 0 bridgehead atoms. The molecule has 138 valence electrons.